The predicted molar refractivity (Wildman–Crippen MR) is 138 cm³/mol. The molecule has 0 aliphatic carbocycles. The Morgan fingerprint density at radius 1 is 1.22 bits per heavy atom. The molecule has 2 heterocycles. The van der Waals surface area contributed by atoms with E-state index in [1.807, 2.05) is 13.8 Å². The molecule has 0 unspecified atom stereocenters. The Kier molecular flexibility index (Phi) is 9.19. The zero-order chi connectivity index (χ0) is 27.3. The molecule has 0 spiro atoms. The Hall–Kier alpha value is -3.12. The molecule has 37 heavy (non-hydrogen) atoms. The van der Waals surface area contributed by atoms with E-state index in [0.29, 0.717) is 26.4 Å². The van der Waals surface area contributed by atoms with Crippen LogP contribution in [0.25, 0.3) is 0 Å². The number of amides is 1. The fourth-order valence-electron chi connectivity index (χ4n) is 4.03. The average Bonchev–Trinajstić information content (AvgIpc) is 3.29. The number of rotatable bonds is 11. The Morgan fingerprint density at radius 3 is 2.46 bits per heavy atom. The van der Waals surface area contributed by atoms with Crippen molar-refractivity contribution in [3.05, 3.63) is 35.5 Å². The van der Waals surface area contributed by atoms with Crippen LogP contribution in [-0.4, -0.2) is 80.5 Å². The van der Waals surface area contributed by atoms with E-state index in [-0.39, 0.29) is 52.0 Å². The van der Waals surface area contributed by atoms with Crippen LogP contribution in [0.2, 0.25) is 0 Å². The van der Waals surface area contributed by atoms with Crippen molar-refractivity contribution in [1.29, 1.82) is 0 Å². The van der Waals surface area contributed by atoms with Crippen molar-refractivity contribution < 1.29 is 32.6 Å². The fourth-order valence-corrected chi connectivity index (χ4v) is 5.68. The zero-order valence-electron chi connectivity index (χ0n) is 22.0. The van der Waals surface area contributed by atoms with E-state index in [0.717, 1.165) is 18.9 Å². The van der Waals surface area contributed by atoms with Crippen LogP contribution in [0.5, 0.6) is 5.75 Å². The maximum atomic E-state index is 13.9. The molecule has 1 aromatic carbocycles. The minimum Gasteiger partial charge on any atom is -0.492 e. The SMILES string of the molecule is CCn1nc(C(=O)N(C)C)cc1N(CC(C)C)S(=O)(=O)c1ccc(OCC2CCOCC2)c(C(=O)O)c1. The maximum absolute atomic E-state index is 13.9. The van der Waals surface area contributed by atoms with Gasteiger partial charge in [-0.2, -0.15) is 5.10 Å². The molecule has 0 bridgehead atoms. The molecule has 0 radical (unpaired) electrons. The molecule has 0 saturated carbocycles. The Morgan fingerprint density at radius 2 is 1.89 bits per heavy atom. The van der Waals surface area contributed by atoms with Gasteiger partial charge in [-0.25, -0.2) is 22.2 Å². The normalized spacial score (nSPS) is 14.5. The number of sulfonamides is 1. The summed E-state index contributed by atoms with van der Waals surface area (Å²) in [5.41, 5.74) is -0.112. The third kappa shape index (κ3) is 6.61. The number of ether oxygens (including phenoxy) is 2. The number of carbonyl (C=O) groups is 2. The first-order valence-electron chi connectivity index (χ1n) is 12.4. The van der Waals surface area contributed by atoms with Crippen molar-refractivity contribution >= 4 is 27.7 Å². The van der Waals surface area contributed by atoms with Crippen molar-refractivity contribution in [1.82, 2.24) is 14.7 Å². The summed E-state index contributed by atoms with van der Waals surface area (Å²) in [6.07, 6.45) is 1.64. The number of anilines is 1. The number of hydrogen-bond donors (Lipinski definition) is 1. The lowest BCUT2D eigenvalue weighted by Gasteiger charge is -2.26. The maximum Gasteiger partial charge on any atom is 0.339 e. The third-order valence-electron chi connectivity index (χ3n) is 6.05. The van der Waals surface area contributed by atoms with Crippen molar-refractivity contribution in [2.24, 2.45) is 11.8 Å². The molecule has 1 aromatic heterocycles. The Balaban J connectivity index is 2.00. The van der Waals surface area contributed by atoms with Crippen molar-refractivity contribution in [2.75, 3.05) is 44.8 Å². The molecule has 2 aromatic rings. The molecule has 204 valence electrons. The highest BCUT2D eigenvalue weighted by Gasteiger charge is 2.31. The number of nitrogens with zero attached hydrogens (tertiary/aromatic N) is 4. The molecule has 1 N–H and O–H groups in total. The molecule has 1 amide bonds. The largest absolute Gasteiger partial charge is 0.492 e. The van der Waals surface area contributed by atoms with E-state index in [9.17, 15) is 23.1 Å². The van der Waals surface area contributed by atoms with Gasteiger partial charge in [-0.05, 0) is 49.8 Å². The monoisotopic (exact) mass is 536 g/mol. The molecule has 12 heteroatoms. The fraction of sp³-hybridized carbons (Fsp3) is 0.560. The number of benzene rings is 1. The predicted octanol–water partition coefficient (Wildman–Crippen LogP) is 2.96. The van der Waals surface area contributed by atoms with E-state index in [1.165, 1.54) is 32.1 Å². The topological polar surface area (TPSA) is 131 Å². The van der Waals surface area contributed by atoms with Crippen LogP contribution in [0.15, 0.2) is 29.2 Å². The smallest absolute Gasteiger partial charge is 0.339 e. The lowest BCUT2D eigenvalue weighted by Crippen LogP contribution is -2.36. The van der Waals surface area contributed by atoms with Crippen LogP contribution in [0.1, 0.15) is 54.5 Å². The summed E-state index contributed by atoms with van der Waals surface area (Å²) in [6.45, 7) is 7.58. The molecule has 3 rings (SSSR count). The number of carbonyl (C=O) groups excluding carboxylic acids is 1. The first-order chi connectivity index (χ1) is 17.4. The minimum atomic E-state index is -4.21. The first-order valence-corrected chi connectivity index (χ1v) is 13.8. The number of carboxylic acids is 1. The van der Waals surface area contributed by atoms with Gasteiger partial charge >= 0.3 is 5.97 Å². The van der Waals surface area contributed by atoms with Crippen LogP contribution < -0.4 is 9.04 Å². The van der Waals surface area contributed by atoms with E-state index in [4.69, 9.17) is 9.47 Å². The number of aromatic nitrogens is 2. The highest BCUT2D eigenvalue weighted by molar-refractivity contribution is 7.92. The van der Waals surface area contributed by atoms with Gasteiger partial charge in [0.2, 0.25) is 0 Å². The van der Waals surface area contributed by atoms with Crippen LogP contribution in [0.4, 0.5) is 5.82 Å². The molecule has 11 nitrogen and oxygen atoms in total. The second-order valence-corrected chi connectivity index (χ2v) is 11.5. The highest BCUT2D eigenvalue weighted by Crippen LogP contribution is 2.30. The van der Waals surface area contributed by atoms with Crippen molar-refractivity contribution in [3.63, 3.8) is 0 Å². The molecule has 1 saturated heterocycles. The Labute approximate surface area is 218 Å². The van der Waals surface area contributed by atoms with Crippen LogP contribution in [0, 0.1) is 11.8 Å². The van der Waals surface area contributed by atoms with Gasteiger partial charge in [0.25, 0.3) is 15.9 Å². The second kappa shape index (κ2) is 12.0. The Bertz CT molecular complexity index is 1220. The van der Waals surface area contributed by atoms with Crippen LogP contribution in [-0.2, 0) is 21.3 Å². The van der Waals surface area contributed by atoms with E-state index >= 15 is 0 Å². The van der Waals surface area contributed by atoms with Gasteiger partial charge in [0.05, 0.1) is 11.5 Å². The summed E-state index contributed by atoms with van der Waals surface area (Å²) in [5.74, 6) is -1.11. The van der Waals surface area contributed by atoms with Crippen LogP contribution in [0.3, 0.4) is 0 Å². The van der Waals surface area contributed by atoms with E-state index < -0.39 is 16.0 Å². The lowest BCUT2D eigenvalue weighted by molar-refractivity contribution is 0.0490. The molecular formula is C25H36N4O7S. The minimum absolute atomic E-state index is 0.0657. The van der Waals surface area contributed by atoms with E-state index in [1.54, 1.807) is 21.0 Å². The van der Waals surface area contributed by atoms with Gasteiger partial charge in [0.1, 0.15) is 17.1 Å². The first kappa shape index (κ1) is 28.5. The average molecular weight is 537 g/mol. The van der Waals surface area contributed by atoms with Gasteiger partial charge in [-0.3, -0.25) is 4.79 Å². The van der Waals surface area contributed by atoms with Crippen molar-refractivity contribution in [3.8, 4) is 5.75 Å². The zero-order valence-corrected chi connectivity index (χ0v) is 22.8. The number of hydrogen-bond acceptors (Lipinski definition) is 7. The third-order valence-corrected chi connectivity index (χ3v) is 7.82. The van der Waals surface area contributed by atoms with Gasteiger partial charge in [0, 0.05) is 46.5 Å². The van der Waals surface area contributed by atoms with Gasteiger partial charge in [-0.1, -0.05) is 13.8 Å². The molecular weight excluding hydrogens is 500 g/mol. The summed E-state index contributed by atoms with van der Waals surface area (Å²) in [6, 6.07) is 5.33. The molecule has 0 atom stereocenters. The molecule has 1 aliphatic rings. The summed E-state index contributed by atoms with van der Waals surface area (Å²) < 4.78 is 41.6. The van der Waals surface area contributed by atoms with Crippen molar-refractivity contribution in [2.45, 2.75) is 45.1 Å². The number of carboxylic acid groups (broad SMARTS) is 1. The van der Waals surface area contributed by atoms with Gasteiger partial charge in [0.15, 0.2) is 5.69 Å². The van der Waals surface area contributed by atoms with Gasteiger partial charge < -0.3 is 19.5 Å². The summed E-state index contributed by atoms with van der Waals surface area (Å²) in [4.78, 5) is 25.7. The highest BCUT2D eigenvalue weighted by atomic mass is 32.2. The summed E-state index contributed by atoms with van der Waals surface area (Å²) in [5, 5.41) is 14.1. The van der Waals surface area contributed by atoms with Gasteiger partial charge in [-0.15, -0.1) is 0 Å². The molecule has 1 fully saturated rings. The lowest BCUT2D eigenvalue weighted by atomic mass is 10.0. The quantitative estimate of drug-likeness (QED) is 0.464. The number of aryl methyl sites for hydroxylation is 1. The second-order valence-electron chi connectivity index (χ2n) is 9.66. The molecule has 1 aliphatic heterocycles. The van der Waals surface area contributed by atoms with Crippen LogP contribution >= 0.6 is 0 Å². The van der Waals surface area contributed by atoms with E-state index in [2.05, 4.69) is 5.10 Å². The summed E-state index contributed by atoms with van der Waals surface area (Å²) >= 11 is 0. The standard InChI is InChI=1S/C25H36N4O7S/c1-6-28-23(14-21(26-28)24(30)27(4)5)29(15-17(2)3)37(33,34)19-7-8-22(20(13-19)25(31)32)36-16-18-9-11-35-12-10-18/h7-8,13-14,17-18H,6,9-12,15-16H2,1-5H3,(H,31,32). The number of aromatic carboxylic acids is 1. The summed E-state index contributed by atoms with van der Waals surface area (Å²) in [7, 11) is -1.03.